The van der Waals surface area contributed by atoms with E-state index in [4.69, 9.17) is 4.74 Å². The summed E-state index contributed by atoms with van der Waals surface area (Å²) in [4.78, 5) is 10.6. The van der Waals surface area contributed by atoms with Crippen molar-refractivity contribution in [2.75, 3.05) is 6.61 Å². The van der Waals surface area contributed by atoms with E-state index in [2.05, 4.69) is 19.7 Å². The molecule has 3 rings (SSSR count). The number of nitro benzene ring substituents is 1. The number of nitrogens with zero attached hydrogens (tertiary/aromatic N) is 1. The van der Waals surface area contributed by atoms with Gasteiger partial charge in [-0.1, -0.05) is 56.2 Å². The van der Waals surface area contributed by atoms with Gasteiger partial charge < -0.3 is 4.74 Å². The summed E-state index contributed by atoms with van der Waals surface area (Å²) in [5.41, 5.74) is 5.64. The minimum Gasteiger partial charge on any atom is -0.488 e. The van der Waals surface area contributed by atoms with E-state index in [0.29, 0.717) is 6.61 Å². The fourth-order valence-electron chi connectivity index (χ4n) is 3.10. The molecule has 0 fully saturated rings. The Morgan fingerprint density at radius 3 is 2.44 bits per heavy atom. The number of hydrogen-bond acceptors (Lipinski definition) is 3. The molecule has 0 saturated heterocycles. The SMILES string of the molecule is C=C/C=C(\C=C)C1=C(c2ccc([N+](=O)[O-])cc2)c2ccc(C=C)cc2OC1. The zero-order chi connectivity index (χ0) is 19.4. The van der Waals surface area contributed by atoms with E-state index in [1.165, 1.54) is 12.1 Å². The Bertz CT molecular complexity index is 995. The van der Waals surface area contributed by atoms with Gasteiger partial charge in [-0.15, -0.1) is 0 Å². The highest BCUT2D eigenvalue weighted by atomic mass is 16.6. The molecule has 0 N–H and O–H groups in total. The molecule has 0 aliphatic carbocycles. The largest absolute Gasteiger partial charge is 0.488 e. The van der Waals surface area contributed by atoms with Crippen molar-refractivity contribution in [3.05, 3.63) is 118 Å². The summed E-state index contributed by atoms with van der Waals surface area (Å²) in [6.45, 7) is 11.8. The monoisotopic (exact) mass is 357 g/mol. The molecule has 4 nitrogen and oxygen atoms in total. The zero-order valence-electron chi connectivity index (χ0n) is 14.9. The Hall–Kier alpha value is -3.66. The second-order valence-corrected chi connectivity index (χ2v) is 5.97. The summed E-state index contributed by atoms with van der Waals surface area (Å²) in [5, 5.41) is 11.0. The molecule has 1 heterocycles. The third-order valence-electron chi connectivity index (χ3n) is 4.42. The van der Waals surface area contributed by atoms with E-state index in [1.807, 2.05) is 24.3 Å². The topological polar surface area (TPSA) is 52.4 Å². The Morgan fingerprint density at radius 1 is 1.11 bits per heavy atom. The predicted molar refractivity (Wildman–Crippen MR) is 110 cm³/mol. The molecule has 0 spiro atoms. The van der Waals surface area contributed by atoms with Crippen LogP contribution in [-0.4, -0.2) is 11.5 Å². The van der Waals surface area contributed by atoms with E-state index in [-0.39, 0.29) is 5.69 Å². The molecule has 0 aromatic heterocycles. The van der Waals surface area contributed by atoms with E-state index >= 15 is 0 Å². The molecule has 0 unspecified atom stereocenters. The molecule has 1 aliphatic rings. The summed E-state index contributed by atoms with van der Waals surface area (Å²) >= 11 is 0. The predicted octanol–water partition coefficient (Wildman–Crippen LogP) is 5.73. The quantitative estimate of drug-likeness (QED) is 0.377. The lowest BCUT2D eigenvalue weighted by atomic mass is 9.87. The van der Waals surface area contributed by atoms with E-state index in [9.17, 15) is 10.1 Å². The van der Waals surface area contributed by atoms with Crippen molar-refractivity contribution in [2.24, 2.45) is 0 Å². The number of non-ortho nitro benzene ring substituents is 1. The molecule has 0 radical (unpaired) electrons. The average Bonchev–Trinajstić information content (AvgIpc) is 2.70. The van der Waals surface area contributed by atoms with Crippen molar-refractivity contribution in [2.45, 2.75) is 0 Å². The molecule has 0 amide bonds. The van der Waals surface area contributed by atoms with Gasteiger partial charge in [0.1, 0.15) is 12.4 Å². The van der Waals surface area contributed by atoms with Crippen LogP contribution in [0.4, 0.5) is 5.69 Å². The molecule has 0 atom stereocenters. The van der Waals surface area contributed by atoms with Crippen LogP contribution in [0, 0.1) is 10.1 Å². The number of hydrogen-bond donors (Lipinski definition) is 0. The fourth-order valence-corrected chi connectivity index (χ4v) is 3.10. The van der Waals surface area contributed by atoms with Gasteiger partial charge in [-0.3, -0.25) is 10.1 Å². The van der Waals surface area contributed by atoms with Crippen molar-refractivity contribution < 1.29 is 9.66 Å². The van der Waals surface area contributed by atoms with Gasteiger partial charge in [-0.25, -0.2) is 0 Å². The molecule has 2 aromatic carbocycles. The normalized spacial score (nSPS) is 13.4. The van der Waals surface area contributed by atoms with Gasteiger partial charge in [0.2, 0.25) is 0 Å². The van der Waals surface area contributed by atoms with Crippen LogP contribution in [0.1, 0.15) is 16.7 Å². The molecule has 2 aromatic rings. The second-order valence-electron chi connectivity index (χ2n) is 5.97. The Labute approximate surface area is 158 Å². The van der Waals surface area contributed by atoms with Crippen LogP contribution in [-0.2, 0) is 0 Å². The van der Waals surface area contributed by atoms with Crippen molar-refractivity contribution in [3.63, 3.8) is 0 Å². The van der Waals surface area contributed by atoms with Crippen molar-refractivity contribution >= 4 is 17.3 Å². The first kappa shape index (κ1) is 18.1. The maximum atomic E-state index is 11.0. The Balaban J connectivity index is 2.26. The van der Waals surface area contributed by atoms with Crippen LogP contribution in [0.15, 0.2) is 91.6 Å². The number of ether oxygens (including phenoxy) is 1. The summed E-state index contributed by atoms with van der Waals surface area (Å²) in [5.74, 6) is 0.756. The molecule has 1 aliphatic heterocycles. The number of fused-ring (bicyclic) bond motifs is 1. The van der Waals surface area contributed by atoms with Crippen LogP contribution in [0.5, 0.6) is 5.75 Å². The van der Waals surface area contributed by atoms with Crippen LogP contribution in [0.3, 0.4) is 0 Å². The van der Waals surface area contributed by atoms with Crippen LogP contribution >= 0.6 is 0 Å². The summed E-state index contributed by atoms with van der Waals surface area (Å²) in [6, 6.07) is 12.4. The number of benzene rings is 2. The summed E-state index contributed by atoms with van der Waals surface area (Å²) < 4.78 is 5.98. The maximum absolute atomic E-state index is 11.0. The lowest BCUT2D eigenvalue weighted by molar-refractivity contribution is -0.384. The third-order valence-corrected chi connectivity index (χ3v) is 4.42. The minimum absolute atomic E-state index is 0.0563. The van der Waals surface area contributed by atoms with E-state index in [0.717, 1.165) is 39.2 Å². The van der Waals surface area contributed by atoms with Crippen LogP contribution < -0.4 is 4.74 Å². The Morgan fingerprint density at radius 2 is 1.85 bits per heavy atom. The molecular weight excluding hydrogens is 338 g/mol. The average molecular weight is 357 g/mol. The molecular formula is C23H19NO3. The first-order chi connectivity index (χ1) is 13.1. The number of rotatable bonds is 6. The van der Waals surface area contributed by atoms with Gasteiger partial charge >= 0.3 is 0 Å². The fraction of sp³-hybridized carbons (Fsp3) is 0.0435. The van der Waals surface area contributed by atoms with Crippen molar-refractivity contribution in [1.82, 2.24) is 0 Å². The lowest BCUT2D eigenvalue weighted by Crippen LogP contribution is -2.13. The van der Waals surface area contributed by atoms with Gasteiger partial charge in [0.25, 0.3) is 5.69 Å². The highest BCUT2D eigenvalue weighted by molar-refractivity contribution is 5.89. The number of nitro groups is 1. The Kier molecular flexibility index (Phi) is 5.18. The maximum Gasteiger partial charge on any atom is 0.269 e. The van der Waals surface area contributed by atoms with Gasteiger partial charge in [0.15, 0.2) is 0 Å². The standard InChI is InChI=1S/C23H19NO3/c1-4-7-17(6-3)21-15-27-22-14-16(5-2)8-13-20(22)23(21)18-9-11-19(12-10-18)24(25)26/h4-14H,1-3,15H2/b17-7+. The summed E-state index contributed by atoms with van der Waals surface area (Å²) in [6.07, 6.45) is 7.10. The lowest BCUT2D eigenvalue weighted by Gasteiger charge is -2.25. The van der Waals surface area contributed by atoms with Gasteiger partial charge in [-0.2, -0.15) is 0 Å². The van der Waals surface area contributed by atoms with Crippen LogP contribution in [0.2, 0.25) is 0 Å². The van der Waals surface area contributed by atoms with Crippen molar-refractivity contribution in [1.29, 1.82) is 0 Å². The van der Waals surface area contributed by atoms with Crippen LogP contribution in [0.25, 0.3) is 11.6 Å². The third kappa shape index (κ3) is 3.51. The van der Waals surface area contributed by atoms with Gasteiger partial charge in [0.05, 0.1) is 4.92 Å². The highest BCUT2D eigenvalue weighted by Gasteiger charge is 2.23. The first-order valence-electron chi connectivity index (χ1n) is 8.42. The van der Waals surface area contributed by atoms with E-state index < -0.39 is 4.92 Å². The molecule has 4 heteroatoms. The molecule has 0 saturated carbocycles. The molecule has 134 valence electrons. The van der Waals surface area contributed by atoms with E-state index in [1.54, 1.807) is 30.4 Å². The second kappa shape index (κ2) is 7.70. The zero-order valence-corrected chi connectivity index (χ0v) is 14.9. The summed E-state index contributed by atoms with van der Waals surface area (Å²) in [7, 11) is 0. The minimum atomic E-state index is -0.403. The van der Waals surface area contributed by atoms with Crippen molar-refractivity contribution in [3.8, 4) is 5.75 Å². The van der Waals surface area contributed by atoms with Gasteiger partial charge in [-0.05, 0) is 40.5 Å². The highest BCUT2D eigenvalue weighted by Crippen LogP contribution is 2.40. The molecule has 0 bridgehead atoms. The first-order valence-corrected chi connectivity index (χ1v) is 8.42. The number of allylic oxidation sites excluding steroid dienone is 3. The van der Waals surface area contributed by atoms with Gasteiger partial charge in [0, 0.05) is 23.3 Å². The molecule has 27 heavy (non-hydrogen) atoms. The smallest absolute Gasteiger partial charge is 0.269 e.